The maximum absolute atomic E-state index is 11.9. The first-order chi connectivity index (χ1) is 7.30. The zero-order chi connectivity index (χ0) is 12.3. The van der Waals surface area contributed by atoms with Crippen molar-refractivity contribution in [3.05, 3.63) is 16.3 Å². The van der Waals surface area contributed by atoms with Gasteiger partial charge in [-0.1, -0.05) is 0 Å². The minimum absolute atomic E-state index is 0.0593. The van der Waals surface area contributed by atoms with Gasteiger partial charge in [-0.15, -0.1) is 23.1 Å². The minimum Gasteiger partial charge on any atom is -0.477 e. The number of halogens is 3. The third-order valence-corrected chi connectivity index (χ3v) is 3.69. The molecule has 0 aliphatic rings. The van der Waals surface area contributed by atoms with Crippen LogP contribution in [0.5, 0.6) is 0 Å². The van der Waals surface area contributed by atoms with Gasteiger partial charge in [-0.25, -0.2) is 4.79 Å². The van der Waals surface area contributed by atoms with E-state index in [0.29, 0.717) is 4.90 Å². The lowest BCUT2D eigenvalue weighted by Crippen LogP contribution is -2.30. The number of aliphatic hydroxyl groups is 1. The molecule has 0 spiro atoms. The van der Waals surface area contributed by atoms with Gasteiger partial charge in [0.05, 0.1) is 0 Å². The van der Waals surface area contributed by atoms with Crippen molar-refractivity contribution in [1.29, 1.82) is 0 Å². The summed E-state index contributed by atoms with van der Waals surface area (Å²) in [7, 11) is 0. The van der Waals surface area contributed by atoms with Crippen LogP contribution in [0.2, 0.25) is 0 Å². The molecular weight excluding hydrogens is 265 g/mol. The molecule has 0 aliphatic heterocycles. The summed E-state index contributed by atoms with van der Waals surface area (Å²) in [6, 6.07) is 1.28. The first-order valence-electron chi connectivity index (χ1n) is 4.00. The normalized spacial score (nSPS) is 13.8. The minimum atomic E-state index is -4.64. The SMILES string of the molecule is O=C(O)c1cc(SCC(O)C(F)(F)F)cs1. The number of rotatable bonds is 4. The Morgan fingerprint density at radius 1 is 1.56 bits per heavy atom. The van der Waals surface area contributed by atoms with E-state index in [4.69, 9.17) is 10.2 Å². The van der Waals surface area contributed by atoms with Gasteiger partial charge in [-0.3, -0.25) is 0 Å². The second-order valence-electron chi connectivity index (χ2n) is 2.82. The van der Waals surface area contributed by atoms with Crippen LogP contribution in [0.15, 0.2) is 16.3 Å². The molecule has 0 amide bonds. The van der Waals surface area contributed by atoms with E-state index in [1.807, 2.05) is 0 Å². The fraction of sp³-hybridized carbons (Fsp3) is 0.375. The van der Waals surface area contributed by atoms with E-state index in [1.165, 1.54) is 11.4 Å². The average Bonchev–Trinajstić information content (AvgIpc) is 2.60. The van der Waals surface area contributed by atoms with Crippen molar-refractivity contribution >= 4 is 29.1 Å². The topological polar surface area (TPSA) is 57.5 Å². The van der Waals surface area contributed by atoms with E-state index in [0.717, 1.165) is 23.1 Å². The predicted octanol–water partition coefficient (Wildman–Crippen LogP) is 2.46. The molecule has 0 aliphatic carbocycles. The van der Waals surface area contributed by atoms with Crippen LogP contribution in [0.1, 0.15) is 9.67 Å². The summed E-state index contributed by atoms with van der Waals surface area (Å²) in [6.45, 7) is 0. The van der Waals surface area contributed by atoms with Gasteiger partial charge in [-0.05, 0) is 6.07 Å². The zero-order valence-corrected chi connectivity index (χ0v) is 9.33. The van der Waals surface area contributed by atoms with Crippen LogP contribution in [0, 0.1) is 0 Å². The highest BCUT2D eigenvalue weighted by molar-refractivity contribution is 7.99. The second kappa shape index (κ2) is 5.07. The number of carbonyl (C=O) groups is 1. The highest BCUT2D eigenvalue weighted by atomic mass is 32.2. The summed E-state index contributed by atoms with van der Waals surface area (Å²) < 4.78 is 35.8. The van der Waals surface area contributed by atoms with Gasteiger partial charge in [0.1, 0.15) is 4.88 Å². The average molecular weight is 272 g/mol. The maximum Gasteiger partial charge on any atom is 0.415 e. The molecule has 0 aromatic carbocycles. The van der Waals surface area contributed by atoms with Crippen molar-refractivity contribution in [1.82, 2.24) is 0 Å². The van der Waals surface area contributed by atoms with E-state index in [2.05, 4.69) is 0 Å². The first-order valence-corrected chi connectivity index (χ1v) is 5.86. The quantitative estimate of drug-likeness (QED) is 0.827. The molecule has 1 rings (SSSR count). The van der Waals surface area contributed by atoms with Crippen LogP contribution in [0.3, 0.4) is 0 Å². The van der Waals surface area contributed by atoms with E-state index in [-0.39, 0.29) is 4.88 Å². The molecule has 3 nitrogen and oxygen atoms in total. The van der Waals surface area contributed by atoms with E-state index in [1.54, 1.807) is 0 Å². The molecule has 0 saturated carbocycles. The second-order valence-corrected chi connectivity index (χ2v) is 4.82. The third-order valence-electron chi connectivity index (χ3n) is 1.57. The number of thioether (sulfide) groups is 1. The molecule has 0 bridgehead atoms. The number of alkyl halides is 3. The third kappa shape index (κ3) is 3.69. The molecule has 0 radical (unpaired) electrons. The molecule has 1 heterocycles. The highest BCUT2D eigenvalue weighted by Gasteiger charge is 2.37. The Labute approximate surface area is 96.9 Å². The largest absolute Gasteiger partial charge is 0.477 e. The number of hydrogen-bond donors (Lipinski definition) is 2. The molecule has 1 unspecified atom stereocenters. The molecular formula is C8H7F3O3S2. The van der Waals surface area contributed by atoms with Crippen LogP contribution >= 0.6 is 23.1 Å². The molecule has 2 N–H and O–H groups in total. The fourth-order valence-electron chi connectivity index (χ4n) is 0.776. The summed E-state index contributed by atoms with van der Waals surface area (Å²) in [5.41, 5.74) is 0. The molecule has 0 saturated heterocycles. The monoisotopic (exact) mass is 272 g/mol. The molecule has 90 valence electrons. The molecule has 16 heavy (non-hydrogen) atoms. The standard InChI is InChI=1S/C8H7F3O3S2/c9-8(10,11)6(12)3-15-4-1-5(7(13)14)16-2-4/h1-2,6,12H,3H2,(H,13,14). The number of carboxylic acid groups (broad SMARTS) is 1. The Hall–Kier alpha value is -0.730. The maximum atomic E-state index is 11.9. The molecule has 8 heteroatoms. The van der Waals surface area contributed by atoms with Crippen LogP contribution in [-0.4, -0.2) is 34.2 Å². The Bertz CT molecular complexity index is 375. The number of hydrogen-bond acceptors (Lipinski definition) is 4. The van der Waals surface area contributed by atoms with Crippen molar-refractivity contribution < 1.29 is 28.2 Å². The van der Waals surface area contributed by atoms with Crippen LogP contribution in [0.4, 0.5) is 13.2 Å². The van der Waals surface area contributed by atoms with Crippen molar-refractivity contribution in [2.45, 2.75) is 17.2 Å². The molecule has 1 atom stereocenters. The number of aliphatic hydroxyl groups excluding tert-OH is 1. The smallest absolute Gasteiger partial charge is 0.415 e. The van der Waals surface area contributed by atoms with Gasteiger partial charge >= 0.3 is 12.1 Å². The molecule has 1 aromatic heterocycles. The van der Waals surface area contributed by atoms with Crippen molar-refractivity contribution in [2.75, 3.05) is 5.75 Å². The first kappa shape index (κ1) is 13.3. The Morgan fingerprint density at radius 3 is 2.62 bits per heavy atom. The van der Waals surface area contributed by atoms with Gasteiger partial charge in [0.25, 0.3) is 0 Å². The Balaban J connectivity index is 2.52. The van der Waals surface area contributed by atoms with E-state index < -0.39 is 24.0 Å². The van der Waals surface area contributed by atoms with E-state index in [9.17, 15) is 18.0 Å². The summed E-state index contributed by atoms with van der Waals surface area (Å²) in [4.78, 5) is 11.0. The number of carboxylic acids is 1. The predicted molar refractivity (Wildman–Crippen MR) is 54.1 cm³/mol. The van der Waals surface area contributed by atoms with Crippen LogP contribution in [-0.2, 0) is 0 Å². The number of thiophene rings is 1. The lowest BCUT2D eigenvalue weighted by atomic mass is 10.4. The lowest BCUT2D eigenvalue weighted by Gasteiger charge is -2.12. The molecule has 0 fully saturated rings. The fourth-order valence-corrected chi connectivity index (χ4v) is 2.61. The Morgan fingerprint density at radius 2 is 2.19 bits per heavy atom. The van der Waals surface area contributed by atoms with E-state index >= 15 is 0 Å². The van der Waals surface area contributed by atoms with Crippen molar-refractivity contribution in [3.8, 4) is 0 Å². The van der Waals surface area contributed by atoms with Gasteiger partial charge in [0.15, 0.2) is 6.10 Å². The van der Waals surface area contributed by atoms with Gasteiger partial charge in [0.2, 0.25) is 0 Å². The summed E-state index contributed by atoms with van der Waals surface area (Å²) in [5.74, 6) is -1.66. The highest BCUT2D eigenvalue weighted by Crippen LogP contribution is 2.29. The van der Waals surface area contributed by atoms with Gasteiger partial charge in [0, 0.05) is 16.0 Å². The summed E-state index contributed by atoms with van der Waals surface area (Å²) >= 11 is 1.70. The Kier molecular flexibility index (Phi) is 4.22. The van der Waals surface area contributed by atoms with Gasteiger partial charge in [-0.2, -0.15) is 13.2 Å². The van der Waals surface area contributed by atoms with Crippen molar-refractivity contribution in [2.24, 2.45) is 0 Å². The number of aromatic carboxylic acids is 1. The lowest BCUT2D eigenvalue weighted by molar-refractivity contribution is -0.195. The zero-order valence-electron chi connectivity index (χ0n) is 7.69. The summed E-state index contributed by atoms with van der Waals surface area (Å²) in [6.07, 6.45) is -7.04. The van der Waals surface area contributed by atoms with Crippen LogP contribution < -0.4 is 0 Å². The summed E-state index contributed by atoms with van der Waals surface area (Å²) in [5, 5.41) is 18.7. The van der Waals surface area contributed by atoms with Gasteiger partial charge < -0.3 is 10.2 Å². The van der Waals surface area contributed by atoms with Crippen molar-refractivity contribution in [3.63, 3.8) is 0 Å². The van der Waals surface area contributed by atoms with Crippen LogP contribution in [0.25, 0.3) is 0 Å². The molecule has 1 aromatic rings.